The van der Waals surface area contributed by atoms with Crippen LogP contribution in [-0.4, -0.2) is 36.1 Å². The number of allylic oxidation sites excluding steroid dienone is 1. The van der Waals surface area contributed by atoms with Crippen molar-refractivity contribution in [3.8, 4) is 0 Å². The average molecular weight is 229 g/mol. The fourth-order valence-electron chi connectivity index (χ4n) is 1.86. The molecule has 1 aromatic heterocycles. The molecule has 0 aromatic carbocycles. The monoisotopic (exact) mass is 229 g/mol. The van der Waals surface area contributed by atoms with Gasteiger partial charge in [0.2, 0.25) is 0 Å². The molecule has 0 radical (unpaired) electrons. The Morgan fingerprint density at radius 1 is 1.59 bits per heavy atom. The molecule has 17 heavy (non-hydrogen) atoms. The summed E-state index contributed by atoms with van der Waals surface area (Å²) in [5, 5.41) is 0. The molecule has 0 saturated heterocycles. The number of aromatic nitrogens is 1. The highest BCUT2D eigenvalue weighted by molar-refractivity contribution is 5.72. The molecular formula is C13H15N3O. The largest absolute Gasteiger partial charge is 0.361 e. The summed E-state index contributed by atoms with van der Waals surface area (Å²) in [5.74, 6) is 0. The molecule has 0 spiro atoms. The Kier molecular flexibility index (Phi) is 3.55. The fourth-order valence-corrected chi connectivity index (χ4v) is 1.86. The Labute approximate surface area is 100 Å². The number of H-pyrrole nitrogens is 1. The van der Waals surface area contributed by atoms with E-state index in [1.54, 1.807) is 13.4 Å². The second-order valence-corrected chi connectivity index (χ2v) is 3.78. The minimum Gasteiger partial charge on any atom is -0.361 e. The highest BCUT2D eigenvalue weighted by Crippen LogP contribution is 2.21. The van der Waals surface area contributed by atoms with E-state index in [-0.39, 0.29) is 0 Å². The van der Waals surface area contributed by atoms with Gasteiger partial charge in [0.05, 0.1) is 12.9 Å². The van der Waals surface area contributed by atoms with Gasteiger partial charge in [0.25, 0.3) is 0 Å². The van der Waals surface area contributed by atoms with Crippen molar-refractivity contribution in [3.05, 3.63) is 35.3 Å². The van der Waals surface area contributed by atoms with E-state index in [2.05, 4.69) is 28.2 Å². The van der Waals surface area contributed by atoms with Crippen molar-refractivity contribution in [1.29, 1.82) is 0 Å². The first kappa shape index (κ1) is 11.4. The summed E-state index contributed by atoms with van der Waals surface area (Å²) in [6.07, 6.45) is 11.5. The summed E-state index contributed by atoms with van der Waals surface area (Å²) < 4.78 is 0. The first-order valence-corrected chi connectivity index (χ1v) is 5.52. The maximum Gasteiger partial charge on any atom is 0.139 e. The third-order valence-electron chi connectivity index (χ3n) is 2.64. The molecule has 0 atom stereocenters. The van der Waals surface area contributed by atoms with Crippen LogP contribution in [0.15, 0.2) is 29.0 Å². The van der Waals surface area contributed by atoms with Gasteiger partial charge in [0, 0.05) is 36.6 Å². The number of hydrogen-bond acceptors (Lipinski definition) is 2. The van der Waals surface area contributed by atoms with E-state index in [0.29, 0.717) is 6.54 Å². The van der Waals surface area contributed by atoms with Crippen molar-refractivity contribution >= 4 is 24.8 Å². The molecule has 1 heterocycles. The number of carbonyl (C=O) groups excluding carboxylic acids is 1. The molecule has 88 valence electrons. The maximum absolute atomic E-state index is 10.7. The van der Waals surface area contributed by atoms with Crippen LogP contribution in [0.3, 0.4) is 0 Å². The van der Waals surface area contributed by atoms with Crippen LogP contribution in [0.4, 0.5) is 0 Å². The summed E-state index contributed by atoms with van der Waals surface area (Å²) in [4.78, 5) is 19.7. The fraction of sp³-hybridized carbons (Fsp3) is 0.231. The van der Waals surface area contributed by atoms with Crippen molar-refractivity contribution in [2.24, 2.45) is 4.99 Å². The normalized spacial score (nSPS) is 14.3. The molecule has 4 nitrogen and oxygen atoms in total. The van der Waals surface area contributed by atoms with Gasteiger partial charge in [0.1, 0.15) is 6.29 Å². The Hall–Kier alpha value is -2.10. The first-order valence-electron chi connectivity index (χ1n) is 5.52. The SMILES string of the molecule is CN=CN(CC=O)C1=Cc2cc[nH]c2C=CC1. The van der Waals surface area contributed by atoms with Gasteiger partial charge in [0.15, 0.2) is 0 Å². The van der Waals surface area contributed by atoms with E-state index in [4.69, 9.17) is 0 Å². The zero-order valence-electron chi connectivity index (χ0n) is 9.76. The molecule has 0 bridgehead atoms. The van der Waals surface area contributed by atoms with E-state index >= 15 is 0 Å². The standard InChI is InChI=1S/C13H15N3O/c1-14-10-16(7-8-17)12-3-2-4-13-11(9-12)5-6-15-13/h2,4-6,8-10,15H,3,7H2,1H3. The number of rotatable bonds is 4. The summed E-state index contributed by atoms with van der Waals surface area (Å²) in [6, 6.07) is 2.02. The molecule has 4 heteroatoms. The minimum atomic E-state index is 0.330. The van der Waals surface area contributed by atoms with Gasteiger partial charge >= 0.3 is 0 Å². The molecule has 2 rings (SSSR count). The van der Waals surface area contributed by atoms with Crippen LogP contribution in [0.2, 0.25) is 0 Å². The lowest BCUT2D eigenvalue weighted by molar-refractivity contribution is -0.107. The van der Waals surface area contributed by atoms with E-state index in [1.807, 2.05) is 17.2 Å². The molecule has 1 aliphatic rings. The highest BCUT2D eigenvalue weighted by atomic mass is 16.1. The van der Waals surface area contributed by atoms with Crippen LogP contribution >= 0.6 is 0 Å². The van der Waals surface area contributed by atoms with Crippen molar-refractivity contribution in [3.63, 3.8) is 0 Å². The minimum absolute atomic E-state index is 0.330. The molecular weight excluding hydrogens is 214 g/mol. The van der Waals surface area contributed by atoms with Gasteiger partial charge in [-0.2, -0.15) is 0 Å². The second-order valence-electron chi connectivity index (χ2n) is 3.78. The quantitative estimate of drug-likeness (QED) is 0.487. The lowest BCUT2D eigenvalue weighted by Crippen LogP contribution is -2.23. The topological polar surface area (TPSA) is 48.5 Å². The Morgan fingerprint density at radius 3 is 3.24 bits per heavy atom. The maximum atomic E-state index is 10.7. The molecule has 0 amide bonds. The van der Waals surface area contributed by atoms with Gasteiger partial charge in [-0.1, -0.05) is 6.08 Å². The molecule has 0 fully saturated rings. The highest BCUT2D eigenvalue weighted by Gasteiger charge is 2.10. The van der Waals surface area contributed by atoms with Gasteiger partial charge in [-0.3, -0.25) is 4.99 Å². The number of aldehydes is 1. The lowest BCUT2D eigenvalue weighted by Gasteiger charge is -2.18. The summed E-state index contributed by atoms with van der Waals surface area (Å²) in [7, 11) is 1.70. The van der Waals surface area contributed by atoms with E-state index in [9.17, 15) is 4.79 Å². The Bertz CT molecular complexity index is 483. The summed E-state index contributed by atoms with van der Waals surface area (Å²) in [6.45, 7) is 0.330. The van der Waals surface area contributed by atoms with Crippen LogP contribution in [-0.2, 0) is 4.79 Å². The predicted molar refractivity (Wildman–Crippen MR) is 69.6 cm³/mol. The molecule has 0 aliphatic heterocycles. The smallest absolute Gasteiger partial charge is 0.139 e. The molecule has 1 aliphatic carbocycles. The van der Waals surface area contributed by atoms with Crippen LogP contribution < -0.4 is 0 Å². The molecule has 0 unspecified atom stereocenters. The zero-order chi connectivity index (χ0) is 12.1. The van der Waals surface area contributed by atoms with Gasteiger partial charge in [-0.25, -0.2) is 0 Å². The van der Waals surface area contributed by atoms with Crippen molar-refractivity contribution < 1.29 is 4.79 Å². The Morgan fingerprint density at radius 2 is 2.47 bits per heavy atom. The van der Waals surface area contributed by atoms with E-state index in [1.165, 1.54) is 0 Å². The van der Waals surface area contributed by atoms with Crippen LogP contribution in [0.5, 0.6) is 0 Å². The van der Waals surface area contributed by atoms with Crippen LogP contribution in [0.1, 0.15) is 17.7 Å². The number of hydrogen-bond donors (Lipinski definition) is 1. The number of nitrogens with one attached hydrogen (secondary N) is 1. The number of fused-ring (bicyclic) bond motifs is 1. The van der Waals surface area contributed by atoms with E-state index < -0.39 is 0 Å². The number of aromatic amines is 1. The van der Waals surface area contributed by atoms with Crippen LogP contribution in [0, 0.1) is 0 Å². The Balaban J connectivity index is 2.32. The van der Waals surface area contributed by atoms with Crippen LogP contribution in [0.25, 0.3) is 12.2 Å². The first-order chi connectivity index (χ1) is 8.35. The predicted octanol–water partition coefficient (Wildman–Crippen LogP) is 1.93. The third kappa shape index (κ3) is 2.53. The molecule has 1 aromatic rings. The van der Waals surface area contributed by atoms with Crippen molar-refractivity contribution in [1.82, 2.24) is 9.88 Å². The van der Waals surface area contributed by atoms with Gasteiger partial charge in [-0.05, 0) is 18.2 Å². The van der Waals surface area contributed by atoms with Gasteiger partial charge < -0.3 is 14.7 Å². The number of carbonyl (C=O) groups is 1. The average Bonchev–Trinajstić information content (AvgIpc) is 2.66. The summed E-state index contributed by atoms with van der Waals surface area (Å²) in [5.41, 5.74) is 3.30. The van der Waals surface area contributed by atoms with E-state index in [0.717, 1.165) is 29.7 Å². The number of nitrogens with zero attached hydrogens (tertiary/aromatic N) is 2. The summed E-state index contributed by atoms with van der Waals surface area (Å²) >= 11 is 0. The lowest BCUT2D eigenvalue weighted by atomic mass is 10.2. The zero-order valence-corrected chi connectivity index (χ0v) is 9.76. The second kappa shape index (κ2) is 5.30. The third-order valence-corrected chi connectivity index (χ3v) is 2.64. The van der Waals surface area contributed by atoms with Crippen molar-refractivity contribution in [2.45, 2.75) is 6.42 Å². The number of aliphatic imine (C=N–C) groups is 1. The molecule has 0 saturated carbocycles. The van der Waals surface area contributed by atoms with Crippen molar-refractivity contribution in [2.75, 3.05) is 13.6 Å². The van der Waals surface area contributed by atoms with Gasteiger partial charge in [-0.15, -0.1) is 0 Å². The molecule has 1 N–H and O–H groups in total.